The van der Waals surface area contributed by atoms with Crippen LogP contribution in [-0.4, -0.2) is 17.0 Å². The van der Waals surface area contributed by atoms with Gasteiger partial charge in [-0.15, -0.1) is 0 Å². The lowest BCUT2D eigenvalue weighted by Gasteiger charge is -2.07. The number of nitrogens with zero attached hydrogens (tertiary/aromatic N) is 2. The normalized spacial score (nSPS) is 11.0. The van der Waals surface area contributed by atoms with Crippen LogP contribution in [0.25, 0.3) is 22.6 Å². The molecule has 130 valence electrons. The Bertz CT molecular complexity index is 995. The van der Waals surface area contributed by atoms with Gasteiger partial charge in [-0.05, 0) is 42.4 Å². The van der Waals surface area contributed by atoms with E-state index < -0.39 is 0 Å². The summed E-state index contributed by atoms with van der Waals surface area (Å²) in [5.74, 6) is 1.33. The second kappa shape index (κ2) is 7.37. The summed E-state index contributed by atoms with van der Waals surface area (Å²) in [6.07, 6.45) is 3.46. The smallest absolute Gasteiger partial charge is 0.228 e. The molecule has 0 radical (unpaired) electrons. The van der Waals surface area contributed by atoms with E-state index in [1.807, 2.05) is 37.4 Å². The molecule has 0 aliphatic carbocycles. The van der Waals surface area contributed by atoms with Gasteiger partial charge in [0.05, 0.1) is 5.56 Å². The number of hydrogen-bond acceptors (Lipinski definition) is 5. The summed E-state index contributed by atoms with van der Waals surface area (Å²) in [4.78, 5) is 8.64. The van der Waals surface area contributed by atoms with Gasteiger partial charge in [0.2, 0.25) is 5.89 Å². The quantitative estimate of drug-likeness (QED) is 0.568. The van der Waals surface area contributed by atoms with E-state index in [4.69, 9.17) is 9.15 Å². The van der Waals surface area contributed by atoms with Crippen molar-refractivity contribution in [1.29, 1.82) is 0 Å². The third-order valence-corrected chi connectivity index (χ3v) is 4.08. The van der Waals surface area contributed by atoms with Crippen molar-refractivity contribution in [2.45, 2.75) is 13.2 Å². The molecule has 0 saturated carbocycles. The Balaban J connectivity index is 1.48. The Kier molecular flexibility index (Phi) is 4.62. The second-order valence-corrected chi connectivity index (χ2v) is 6.03. The molecule has 4 rings (SSSR count). The zero-order valence-electron chi connectivity index (χ0n) is 14.5. The minimum absolute atomic E-state index is 0.513. The predicted octanol–water partition coefficient (Wildman–Crippen LogP) is 4.19. The van der Waals surface area contributed by atoms with Gasteiger partial charge in [0.1, 0.15) is 17.9 Å². The standard InChI is InChI=1S/C21H19N3O2/c1-22-12-15-4-6-16(7-5-15)14-25-18-8-9-20-19(11-18)24-21(26-20)17-3-2-10-23-13-17/h2-11,13,22H,12,14H2,1H3. The van der Waals surface area contributed by atoms with Crippen LogP contribution in [0.1, 0.15) is 11.1 Å². The number of nitrogens with one attached hydrogen (secondary N) is 1. The van der Waals surface area contributed by atoms with Crippen molar-refractivity contribution in [3.63, 3.8) is 0 Å². The van der Waals surface area contributed by atoms with Gasteiger partial charge in [-0.25, -0.2) is 4.98 Å². The highest BCUT2D eigenvalue weighted by Gasteiger charge is 2.09. The maximum Gasteiger partial charge on any atom is 0.228 e. The van der Waals surface area contributed by atoms with Crippen molar-refractivity contribution >= 4 is 11.1 Å². The molecule has 5 nitrogen and oxygen atoms in total. The molecule has 4 aromatic rings. The van der Waals surface area contributed by atoms with Crippen LogP contribution in [-0.2, 0) is 13.2 Å². The van der Waals surface area contributed by atoms with Crippen molar-refractivity contribution in [3.8, 4) is 17.2 Å². The van der Waals surface area contributed by atoms with Crippen LogP contribution in [0.2, 0.25) is 0 Å². The van der Waals surface area contributed by atoms with E-state index in [-0.39, 0.29) is 0 Å². The molecule has 0 spiro atoms. The molecule has 0 aliphatic heterocycles. The van der Waals surface area contributed by atoms with Crippen molar-refractivity contribution in [1.82, 2.24) is 15.3 Å². The largest absolute Gasteiger partial charge is 0.489 e. The molecule has 26 heavy (non-hydrogen) atoms. The minimum Gasteiger partial charge on any atom is -0.489 e. The van der Waals surface area contributed by atoms with Crippen molar-refractivity contribution < 1.29 is 9.15 Å². The Hall–Kier alpha value is -3.18. The van der Waals surface area contributed by atoms with Gasteiger partial charge in [0, 0.05) is 25.0 Å². The van der Waals surface area contributed by atoms with E-state index in [1.165, 1.54) is 5.56 Å². The number of aromatic nitrogens is 2. The molecule has 0 unspecified atom stereocenters. The number of benzene rings is 2. The molecule has 1 N–H and O–H groups in total. The van der Waals surface area contributed by atoms with Gasteiger partial charge in [-0.3, -0.25) is 4.98 Å². The third kappa shape index (κ3) is 3.58. The fraction of sp³-hybridized carbons (Fsp3) is 0.143. The molecule has 5 heteroatoms. The first-order chi connectivity index (χ1) is 12.8. The highest BCUT2D eigenvalue weighted by Crippen LogP contribution is 2.26. The number of pyridine rings is 1. The summed E-state index contributed by atoms with van der Waals surface area (Å²) in [7, 11) is 1.94. The van der Waals surface area contributed by atoms with Crippen LogP contribution < -0.4 is 10.1 Å². The Morgan fingerprint density at radius 3 is 2.65 bits per heavy atom. The molecular formula is C21H19N3O2. The number of hydrogen-bond donors (Lipinski definition) is 1. The molecular weight excluding hydrogens is 326 g/mol. The van der Waals surface area contributed by atoms with Crippen molar-refractivity contribution in [2.75, 3.05) is 7.05 Å². The predicted molar refractivity (Wildman–Crippen MR) is 101 cm³/mol. The van der Waals surface area contributed by atoms with Gasteiger partial charge < -0.3 is 14.5 Å². The SMILES string of the molecule is CNCc1ccc(COc2ccc3oc(-c4cccnc4)nc3c2)cc1. The molecule has 2 aromatic carbocycles. The Morgan fingerprint density at radius 1 is 1.04 bits per heavy atom. The van der Waals surface area contributed by atoms with Crippen LogP contribution in [0.5, 0.6) is 5.75 Å². The number of rotatable bonds is 6. The Morgan fingerprint density at radius 2 is 1.88 bits per heavy atom. The molecule has 0 bridgehead atoms. The van der Waals surface area contributed by atoms with E-state index >= 15 is 0 Å². The van der Waals surface area contributed by atoms with Crippen molar-refractivity contribution in [2.24, 2.45) is 0 Å². The van der Waals surface area contributed by atoms with Crippen molar-refractivity contribution in [3.05, 3.63) is 78.1 Å². The van der Waals surface area contributed by atoms with Crippen LogP contribution in [0.15, 0.2) is 71.4 Å². The van der Waals surface area contributed by atoms with Gasteiger partial charge >= 0.3 is 0 Å². The monoisotopic (exact) mass is 345 g/mol. The highest BCUT2D eigenvalue weighted by molar-refractivity contribution is 5.77. The lowest BCUT2D eigenvalue weighted by molar-refractivity contribution is 0.306. The molecule has 2 aromatic heterocycles. The van der Waals surface area contributed by atoms with E-state index in [0.29, 0.717) is 12.5 Å². The highest BCUT2D eigenvalue weighted by atomic mass is 16.5. The van der Waals surface area contributed by atoms with Crippen LogP contribution in [0.4, 0.5) is 0 Å². The average molecular weight is 345 g/mol. The van der Waals surface area contributed by atoms with Gasteiger partial charge in [0.15, 0.2) is 5.58 Å². The number of fused-ring (bicyclic) bond motifs is 1. The minimum atomic E-state index is 0.513. The molecule has 2 heterocycles. The summed E-state index contributed by atoms with van der Waals surface area (Å²) in [6, 6.07) is 17.8. The zero-order valence-corrected chi connectivity index (χ0v) is 14.5. The second-order valence-electron chi connectivity index (χ2n) is 6.03. The fourth-order valence-electron chi connectivity index (χ4n) is 2.73. The molecule has 0 atom stereocenters. The lowest BCUT2D eigenvalue weighted by atomic mass is 10.1. The zero-order chi connectivity index (χ0) is 17.8. The van der Waals surface area contributed by atoms with Gasteiger partial charge in [-0.2, -0.15) is 0 Å². The van der Waals surface area contributed by atoms with E-state index in [1.54, 1.807) is 12.4 Å². The van der Waals surface area contributed by atoms with Crippen LogP contribution in [0, 0.1) is 0 Å². The molecule has 0 aliphatic rings. The maximum absolute atomic E-state index is 5.91. The first-order valence-electron chi connectivity index (χ1n) is 8.48. The molecule has 0 fully saturated rings. The summed E-state index contributed by atoms with van der Waals surface area (Å²) in [6.45, 7) is 1.38. The topological polar surface area (TPSA) is 60.2 Å². The first kappa shape index (κ1) is 16.3. The van der Waals surface area contributed by atoms with E-state index in [9.17, 15) is 0 Å². The maximum atomic E-state index is 5.91. The third-order valence-electron chi connectivity index (χ3n) is 4.08. The summed E-state index contributed by atoms with van der Waals surface area (Å²) >= 11 is 0. The molecule has 0 amide bonds. The fourth-order valence-corrected chi connectivity index (χ4v) is 2.73. The summed E-state index contributed by atoms with van der Waals surface area (Å²) in [5, 5.41) is 3.14. The summed E-state index contributed by atoms with van der Waals surface area (Å²) < 4.78 is 11.7. The summed E-state index contributed by atoms with van der Waals surface area (Å²) in [5.41, 5.74) is 4.73. The van der Waals surface area contributed by atoms with E-state index in [2.05, 4.69) is 39.6 Å². The number of oxazole rings is 1. The Labute approximate surface area is 151 Å². The van der Waals surface area contributed by atoms with Gasteiger partial charge in [0.25, 0.3) is 0 Å². The number of ether oxygens (including phenoxy) is 1. The first-order valence-corrected chi connectivity index (χ1v) is 8.48. The van der Waals surface area contributed by atoms with Crippen LogP contribution in [0.3, 0.4) is 0 Å². The average Bonchev–Trinajstić information content (AvgIpc) is 3.12. The molecule has 0 saturated heterocycles. The van der Waals surface area contributed by atoms with Gasteiger partial charge in [-0.1, -0.05) is 24.3 Å². The lowest BCUT2D eigenvalue weighted by Crippen LogP contribution is -2.05. The van der Waals surface area contributed by atoms with Crippen LogP contribution >= 0.6 is 0 Å². The van der Waals surface area contributed by atoms with E-state index in [0.717, 1.165) is 34.5 Å².